The smallest absolute Gasteiger partial charge is 0.151 e. The SMILES string of the molecule is NC(Cc1cnc[nH]1)c1nc2c(F)cccc2n1C1CC1. The molecule has 0 amide bonds. The van der Waals surface area contributed by atoms with Gasteiger partial charge < -0.3 is 15.3 Å². The van der Waals surface area contributed by atoms with Crippen LogP contribution in [0.1, 0.15) is 36.4 Å². The molecule has 0 spiro atoms. The van der Waals surface area contributed by atoms with Gasteiger partial charge in [0.1, 0.15) is 11.3 Å². The van der Waals surface area contributed by atoms with Crippen LogP contribution in [0.15, 0.2) is 30.7 Å². The van der Waals surface area contributed by atoms with Gasteiger partial charge in [0.2, 0.25) is 0 Å². The lowest BCUT2D eigenvalue weighted by Gasteiger charge is -2.13. The van der Waals surface area contributed by atoms with Gasteiger partial charge in [-0.3, -0.25) is 0 Å². The van der Waals surface area contributed by atoms with Crippen molar-refractivity contribution >= 4 is 11.0 Å². The number of aromatic amines is 1. The highest BCUT2D eigenvalue weighted by molar-refractivity contribution is 5.77. The standard InChI is InChI=1S/C15H16FN5/c16-11-2-1-3-13-14(11)20-15(21(13)10-4-5-10)12(17)6-9-7-18-8-19-9/h1-3,7-8,10,12H,4-6,17H2,(H,18,19). The summed E-state index contributed by atoms with van der Waals surface area (Å²) >= 11 is 0. The first-order valence-electron chi connectivity index (χ1n) is 7.13. The Morgan fingerprint density at radius 2 is 2.29 bits per heavy atom. The molecule has 1 atom stereocenters. The fourth-order valence-corrected chi connectivity index (χ4v) is 2.80. The molecule has 108 valence electrons. The van der Waals surface area contributed by atoms with Crippen molar-refractivity contribution in [3.63, 3.8) is 0 Å². The lowest BCUT2D eigenvalue weighted by Crippen LogP contribution is -2.19. The predicted molar refractivity (Wildman–Crippen MR) is 77.2 cm³/mol. The van der Waals surface area contributed by atoms with Crippen molar-refractivity contribution in [3.8, 4) is 0 Å². The van der Waals surface area contributed by atoms with Crippen molar-refractivity contribution in [3.05, 3.63) is 48.1 Å². The molecule has 2 aromatic heterocycles. The van der Waals surface area contributed by atoms with E-state index in [4.69, 9.17) is 5.73 Å². The van der Waals surface area contributed by atoms with Gasteiger partial charge in [-0.05, 0) is 25.0 Å². The Morgan fingerprint density at radius 3 is 3.00 bits per heavy atom. The summed E-state index contributed by atoms with van der Waals surface area (Å²) in [6.45, 7) is 0. The average molecular weight is 285 g/mol. The van der Waals surface area contributed by atoms with Crippen LogP contribution < -0.4 is 5.73 Å². The number of para-hydroxylation sites is 1. The molecule has 3 N–H and O–H groups in total. The summed E-state index contributed by atoms with van der Waals surface area (Å²) in [5.74, 6) is 0.467. The second kappa shape index (κ2) is 4.66. The Balaban J connectivity index is 1.80. The quantitative estimate of drug-likeness (QED) is 0.773. The van der Waals surface area contributed by atoms with Crippen LogP contribution in [0, 0.1) is 5.82 Å². The fraction of sp³-hybridized carbons (Fsp3) is 0.333. The number of benzene rings is 1. The minimum absolute atomic E-state index is 0.280. The lowest BCUT2D eigenvalue weighted by atomic mass is 10.1. The van der Waals surface area contributed by atoms with Crippen molar-refractivity contribution in [2.24, 2.45) is 5.73 Å². The number of hydrogen-bond acceptors (Lipinski definition) is 3. The number of hydrogen-bond donors (Lipinski definition) is 2. The molecule has 3 aromatic rings. The molecule has 1 unspecified atom stereocenters. The lowest BCUT2D eigenvalue weighted by molar-refractivity contribution is 0.596. The molecular formula is C15H16FN5. The van der Waals surface area contributed by atoms with Gasteiger partial charge in [0.15, 0.2) is 5.82 Å². The van der Waals surface area contributed by atoms with Crippen LogP contribution in [0.5, 0.6) is 0 Å². The van der Waals surface area contributed by atoms with E-state index in [0.717, 1.165) is 29.9 Å². The van der Waals surface area contributed by atoms with Crippen molar-refractivity contribution in [1.29, 1.82) is 0 Å². The Bertz CT molecular complexity index is 773. The molecule has 21 heavy (non-hydrogen) atoms. The number of imidazole rings is 2. The molecule has 0 bridgehead atoms. The number of rotatable bonds is 4. The van der Waals surface area contributed by atoms with Crippen LogP contribution in [0.25, 0.3) is 11.0 Å². The first-order chi connectivity index (χ1) is 10.2. The third-order valence-electron chi connectivity index (χ3n) is 3.94. The molecule has 1 saturated carbocycles. The van der Waals surface area contributed by atoms with E-state index < -0.39 is 0 Å². The predicted octanol–water partition coefficient (Wildman–Crippen LogP) is 2.48. The summed E-state index contributed by atoms with van der Waals surface area (Å²) in [6, 6.07) is 5.20. The second-order valence-corrected chi connectivity index (χ2v) is 5.57. The highest BCUT2D eigenvalue weighted by Gasteiger charge is 2.30. The van der Waals surface area contributed by atoms with E-state index in [1.165, 1.54) is 6.07 Å². The summed E-state index contributed by atoms with van der Waals surface area (Å²) in [5, 5.41) is 0. The van der Waals surface area contributed by atoms with Gasteiger partial charge >= 0.3 is 0 Å². The molecule has 4 rings (SSSR count). The summed E-state index contributed by atoms with van der Waals surface area (Å²) in [4.78, 5) is 11.5. The van der Waals surface area contributed by atoms with Crippen LogP contribution in [-0.4, -0.2) is 19.5 Å². The Labute approximate surface area is 121 Å². The van der Waals surface area contributed by atoms with Gasteiger partial charge in [-0.25, -0.2) is 14.4 Å². The van der Waals surface area contributed by atoms with Gasteiger partial charge in [-0.1, -0.05) is 6.07 Å². The van der Waals surface area contributed by atoms with Gasteiger partial charge in [-0.2, -0.15) is 0 Å². The maximum absolute atomic E-state index is 14.0. The largest absolute Gasteiger partial charge is 0.348 e. The van der Waals surface area contributed by atoms with E-state index in [2.05, 4.69) is 19.5 Å². The Morgan fingerprint density at radius 1 is 1.43 bits per heavy atom. The maximum Gasteiger partial charge on any atom is 0.151 e. The molecular weight excluding hydrogens is 269 g/mol. The highest BCUT2D eigenvalue weighted by Crippen LogP contribution is 2.40. The summed E-state index contributed by atoms with van der Waals surface area (Å²) < 4.78 is 16.1. The number of halogens is 1. The molecule has 1 aliphatic rings. The first kappa shape index (κ1) is 12.5. The van der Waals surface area contributed by atoms with Crippen molar-refractivity contribution in [2.75, 3.05) is 0 Å². The topological polar surface area (TPSA) is 72.5 Å². The molecule has 6 heteroatoms. The third-order valence-corrected chi connectivity index (χ3v) is 3.94. The van der Waals surface area contributed by atoms with Crippen molar-refractivity contribution < 1.29 is 4.39 Å². The zero-order valence-corrected chi connectivity index (χ0v) is 11.5. The summed E-state index contributed by atoms with van der Waals surface area (Å²) in [6.07, 6.45) is 6.20. The molecule has 1 fully saturated rings. The van der Waals surface area contributed by atoms with Crippen LogP contribution >= 0.6 is 0 Å². The summed E-state index contributed by atoms with van der Waals surface area (Å²) in [5.41, 5.74) is 8.53. The highest BCUT2D eigenvalue weighted by atomic mass is 19.1. The fourth-order valence-electron chi connectivity index (χ4n) is 2.80. The van der Waals surface area contributed by atoms with Crippen molar-refractivity contribution in [2.45, 2.75) is 31.3 Å². The van der Waals surface area contributed by atoms with E-state index in [0.29, 0.717) is 18.0 Å². The van der Waals surface area contributed by atoms with E-state index in [1.54, 1.807) is 18.6 Å². The Kier molecular flexibility index (Phi) is 2.78. The molecule has 1 aliphatic carbocycles. The van der Waals surface area contributed by atoms with Crippen LogP contribution in [0.3, 0.4) is 0 Å². The van der Waals surface area contributed by atoms with Gasteiger partial charge in [0.25, 0.3) is 0 Å². The number of nitrogens with one attached hydrogen (secondary N) is 1. The average Bonchev–Trinajstić information content (AvgIpc) is 3.02. The normalized spacial score (nSPS) is 16.5. The molecule has 0 radical (unpaired) electrons. The number of aromatic nitrogens is 4. The van der Waals surface area contributed by atoms with Crippen LogP contribution in [0.2, 0.25) is 0 Å². The van der Waals surface area contributed by atoms with Gasteiger partial charge in [0.05, 0.1) is 17.9 Å². The minimum atomic E-state index is -0.290. The molecule has 5 nitrogen and oxygen atoms in total. The van der Waals surface area contributed by atoms with Gasteiger partial charge in [-0.15, -0.1) is 0 Å². The molecule has 0 saturated heterocycles. The van der Waals surface area contributed by atoms with E-state index in [9.17, 15) is 4.39 Å². The van der Waals surface area contributed by atoms with Crippen molar-refractivity contribution in [1.82, 2.24) is 19.5 Å². The first-order valence-corrected chi connectivity index (χ1v) is 7.13. The van der Waals surface area contributed by atoms with Crippen LogP contribution in [-0.2, 0) is 6.42 Å². The zero-order valence-electron chi connectivity index (χ0n) is 11.5. The van der Waals surface area contributed by atoms with Crippen LogP contribution in [0.4, 0.5) is 4.39 Å². The molecule has 2 heterocycles. The van der Waals surface area contributed by atoms with E-state index in [1.807, 2.05) is 6.07 Å². The van der Waals surface area contributed by atoms with Gasteiger partial charge in [0, 0.05) is 24.4 Å². The van der Waals surface area contributed by atoms with E-state index >= 15 is 0 Å². The minimum Gasteiger partial charge on any atom is -0.348 e. The van der Waals surface area contributed by atoms with E-state index in [-0.39, 0.29) is 11.9 Å². The maximum atomic E-state index is 14.0. The Hall–Kier alpha value is -2.21. The third kappa shape index (κ3) is 2.12. The monoisotopic (exact) mass is 285 g/mol. The summed E-state index contributed by atoms with van der Waals surface area (Å²) in [7, 11) is 0. The zero-order chi connectivity index (χ0) is 14.4. The number of nitrogens with zero attached hydrogens (tertiary/aromatic N) is 3. The second-order valence-electron chi connectivity index (χ2n) is 5.57. The molecule has 1 aromatic carbocycles. The molecule has 0 aliphatic heterocycles. The number of nitrogens with two attached hydrogens (primary N) is 1. The number of fused-ring (bicyclic) bond motifs is 1. The number of H-pyrrole nitrogens is 1.